The number of hydrogen-bond acceptors (Lipinski definition) is 2. The molecule has 0 saturated heterocycles. The second-order valence-corrected chi connectivity index (χ2v) is 4.75. The molecule has 0 spiro atoms. The van der Waals surface area contributed by atoms with Crippen LogP contribution in [0.15, 0.2) is 15.5 Å². The SMILES string of the molecule is Cc1cc2c(c(C)c1Br)N=CC(C)C2=O. The van der Waals surface area contributed by atoms with E-state index in [1.165, 1.54) is 0 Å². The summed E-state index contributed by atoms with van der Waals surface area (Å²) in [7, 11) is 0. The van der Waals surface area contributed by atoms with Gasteiger partial charge in [-0.3, -0.25) is 9.79 Å². The molecule has 1 atom stereocenters. The minimum absolute atomic E-state index is 0.0996. The summed E-state index contributed by atoms with van der Waals surface area (Å²) in [6.45, 7) is 5.85. The molecule has 1 unspecified atom stereocenters. The molecule has 0 fully saturated rings. The molecule has 0 amide bonds. The summed E-state index contributed by atoms with van der Waals surface area (Å²) in [4.78, 5) is 16.3. The number of ketones is 1. The summed E-state index contributed by atoms with van der Waals surface area (Å²) >= 11 is 3.51. The third-order valence-electron chi connectivity index (χ3n) is 2.75. The lowest BCUT2D eigenvalue weighted by Gasteiger charge is -2.17. The molecule has 78 valence electrons. The smallest absolute Gasteiger partial charge is 0.173 e. The van der Waals surface area contributed by atoms with Gasteiger partial charge in [0, 0.05) is 16.3 Å². The number of carbonyl (C=O) groups is 1. The zero-order chi connectivity index (χ0) is 11.2. The first-order chi connectivity index (χ1) is 7.02. The zero-order valence-electron chi connectivity index (χ0n) is 8.97. The first-order valence-corrected chi connectivity index (χ1v) is 5.69. The van der Waals surface area contributed by atoms with E-state index in [-0.39, 0.29) is 11.7 Å². The van der Waals surface area contributed by atoms with E-state index in [2.05, 4.69) is 20.9 Å². The van der Waals surface area contributed by atoms with E-state index in [9.17, 15) is 4.79 Å². The van der Waals surface area contributed by atoms with Crippen LogP contribution in [0.25, 0.3) is 0 Å². The molecular formula is C12H12BrNO. The van der Waals surface area contributed by atoms with Crippen LogP contribution in [-0.4, -0.2) is 12.0 Å². The highest BCUT2D eigenvalue weighted by atomic mass is 79.9. The molecule has 1 aromatic rings. The molecule has 0 radical (unpaired) electrons. The maximum Gasteiger partial charge on any atom is 0.173 e. The van der Waals surface area contributed by atoms with Gasteiger partial charge in [0.05, 0.1) is 11.6 Å². The second kappa shape index (κ2) is 3.56. The van der Waals surface area contributed by atoms with E-state index in [0.717, 1.165) is 26.9 Å². The van der Waals surface area contributed by atoms with Crippen molar-refractivity contribution < 1.29 is 4.79 Å². The Bertz CT molecular complexity index is 477. The quantitative estimate of drug-likeness (QED) is 0.705. The summed E-state index contributed by atoms with van der Waals surface area (Å²) in [5, 5.41) is 0. The number of halogens is 1. The Morgan fingerprint density at radius 2 is 2.07 bits per heavy atom. The van der Waals surface area contributed by atoms with Crippen LogP contribution in [0.2, 0.25) is 0 Å². The normalized spacial score (nSPS) is 19.2. The number of aliphatic imine (C=N–C) groups is 1. The van der Waals surface area contributed by atoms with Crippen LogP contribution in [0.3, 0.4) is 0 Å². The van der Waals surface area contributed by atoms with Gasteiger partial charge in [0.15, 0.2) is 5.78 Å². The topological polar surface area (TPSA) is 29.4 Å². The summed E-state index contributed by atoms with van der Waals surface area (Å²) in [5.74, 6) is 0.0659. The third kappa shape index (κ3) is 1.55. The number of rotatable bonds is 0. The molecule has 1 aliphatic heterocycles. The van der Waals surface area contributed by atoms with E-state index in [1.807, 2.05) is 26.8 Å². The largest absolute Gasteiger partial charge is 0.293 e. The fourth-order valence-electron chi connectivity index (χ4n) is 1.80. The molecule has 0 aromatic heterocycles. The van der Waals surface area contributed by atoms with Gasteiger partial charge in [0.25, 0.3) is 0 Å². The Balaban J connectivity index is 2.74. The highest BCUT2D eigenvalue weighted by Crippen LogP contribution is 2.36. The van der Waals surface area contributed by atoms with Gasteiger partial charge in [-0.15, -0.1) is 0 Å². The van der Waals surface area contributed by atoms with Crippen molar-refractivity contribution in [2.24, 2.45) is 10.9 Å². The van der Waals surface area contributed by atoms with Crippen LogP contribution >= 0.6 is 15.9 Å². The fourth-order valence-corrected chi connectivity index (χ4v) is 2.11. The molecular weight excluding hydrogens is 254 g/mol. The summed E-state index contributed by atoms with van der Waals surface area (Å²) in [6.07, 6.45) is 1.72. The predicted molar refractivity (Wildman–Crippen MR) is 65.3 cm³/mol. The molecule has 1 heterocycles. The van der Waals surface area contributed by atoms with Crippen molar-refractivity contribution in [2.45, 2.75) is 20.8 Å². The Morgan fingerprint density at radius 1 is 1.40 bits per heavy atom. The number of hydrogen-bond donors (Lipinski definition) is 0. The van der Waals surface area contributed by atoms with Crippen molar-refractivity contribution in [2.75, 3.05) is 0 Å². The van der Waals surface area contributed by atoms with Crippen molar-refractivity contribution >= 4 is 33.6 Å². The van der Waals surface area contributed by atoms with Crippen LogP contribution in [0.1, 0.15) is 28.4 Å². The summed E-state index contributed by atoms with van der Waals surface area (Å²) in [5.41, 5.74) is 3.70. The number of benzene rings is 1. The predicted octanol–water partition coefficient (Wildman–Crippen LogP) is 3.60. The van der Waals surface area contributed by atoms with Gasteiger partial charge < -0.3 is 0 Å². The van der Waals surface area contributed by atoms with Crippen molar-refractivity contribution in [3.8, 4) is 0 Å². The van der Waals surface area contributed by atoms with E-state index in [1.54, 1.807) is 6.21 Å². The highest BCUT2D eigenvalue weighted by Gasteiger charge is 2.23. The van der Waals surface area contributed by atoms with Gasteiger partial charge >= 0.3 is 0 Å². The van der Waals surface area contributed by atoms with Crippen LogP contribution in [-0.2, 0) is 0 Å². The second-order valence-electron chi connectivity index (χ2n) is 3.96. The molecule has 2 nitrogen and oxygen atoms in total. The minimum atomic E-state index is -0.0996. The molecule has 0 aliphatic carbocycles. The van der Waals surface area contributed by atoms with E-state index < -0.39 is 0 Å². The number of aryl methyl sites for hydroxylation is 1. The standard InChI is InChI=1S/C12H12BrNO/c1-6-4-9-11(8(3)10(6)13)14-5-7(2)12(9)15/h4-5,7H,1-3H3. The van der Waals surface area contributed by atoms with E-state index in [0.29, 0.717) is 0 Å². The van der Waals surface area contributed by atoms with Gasteiger partial charge in [-0.2, -0.15) is 0 Å². The van der Waals surface area contributed by atoms with E-state index >= 15 is 0 Å². The van der Waals surface area contributed by atoms with Gasteiger partial charge in [-0.05, 0) is 31.0 Å². The summed E-state index contributed by atoms with van der Waals surface area (Å²) < 4.78 is 1.04. The average Bonchev–Trinajstić information content (AvgIpc) is 2.21. The lowest BCUT2D eigenvalue weighted by Crippen LogP contribution is -2.17. The number of carbonyl (C=O) groups excluding carboxylic acids is 1. The molecule has 1 aromatic carbocycles. The van der Waals surface area contributed by atoms with Crippen LogP contribution in [0.4, 0.5) is 5.69 Å². The highest BCUT2D eigenvalue weighted by molar-refractivity contribution is 9.10. The van der Waals surface area contributed by atoms with Gasteiger partial charge in [0.2, 0.25) is 0 Å². The first-order valence-electron chi connectivity index (χ1n) is 4.90. The molecule has 1 aliphatic rings. The van der Waals surface area contributed by atoms with Crippen LogP contribution in [0, 0.1) is 19.8 Å². The van der Waals surface area contributed by atoms with E-state index in [4.69, 9.17) is 0 Å². The molecule has 15 heavy (non-hydrogen) atoms. The van der Waals surface area contributed by atoms with Crippen molar-refractivity contribution in [3.05, 3.63) is 27.2 Å². The molecule has 2 rings (SSSR count). The van der Waals surface area contributed by atoms with Gasteiger partial charge in [-0.25, -0.2) is 0 Å². The number of Topliss-reactive ketones (excluding diaryl/α,β-unsaturated/α-hetero) is 1. The molecule has 0 saturated carbocycles. The minimum Gasteiger partial charge on any atom is -0.293 e. The number of fused-ring (bicyclic) bond motifs is 1. The number of nitrogens with zero attached hydrogens (tertiary/aromatic N) is 1. The summed E-state index contributed by atoms with van der Waals surface area (Å²) in [6, 6.07) is 1.92. The Morgan fingerprint density at radius 3 is 2.73 bits per heavy atom. The van der Waals surface area contributed by atoms with Crippen LogP contribution < -0.4 is 0 Å². The first kappa shape index (κ1) is 10.6. The Kier molecular flexibility index (Phi) is 2.51. The molecule has 0 bridgehead atoms. The van der Waals surface area contributed by atoms with Gasteiger partial charge in [0.1, 0.15) is 0 Å². The maximum absolute atomic E-state index is 11.9. The molecule has 3 heteroatoms. The molecule has 0 N–H and O–H groups in total. The lowest BCUT2D eigenvalue weighted by molar-refractivity contribution is 0.0962. The fraction of sp³-hybridized carbons (Fsp3) is 0.333. The van der Waals surface area contributed by atoms with Crippen molar-refractivity contribution in [3.63, 3.8) is 0 Å². The van der Waals surface area contributed by atoms with Crippen LogP contribution in [0.5, 0.6) is 0 Å². The van der Waals surface area contributed by atoms with Gasteiger partial charge in [-0.1, -0.05) is 22.9 Å². The Labute approximate surface area is 97.5 Å². The third-order valence-corrected chi connectivity index (χ3v) is 3.97. The zero-order valence-corrected chi connectivity index (χ0v) is 10.6. The van der Waals surface area contributed by atoms with Crippen molar-refractivity contribution in [1.29, 1.82) is 0 Å². The lowest BCUT2D eigenvalue weighted by atomic mass is 9.92. The Hall–Kier alpha value is -0.960. The van der Waals surface area contributed by atoms with Crippen molar-refractivity contribution in [1.82, 2.24) is 0 Å². The average molecular weight is 266 g/mol. The monoisotopic (exact) mass is 265 g/mol. The maximum atomic E-state index is 11.9.